The maximum absolute atomic E-state index is 10.5. The molecular formula is C19H30N4O2. The summed E-state index contributed by atoms with van der Waals surface area (Å²) in [7, 11) is 7.63. The summed E-state index contributed by atoms with van der Waals surface area (Å²) in [5.74, 6) is 2.13. The zero-order valence-corrected chi connectivity index (χ0v) is 16.1. The Morgan fingerprint density at radius 2 is 1.96 bits per heavy atom. The number of hydrogen-bond donors (Lipinski definition) is 2. The molecular weight excluding hydrogens is 316 g/mol. The number of benzene rings is 1. The van der Waals surface area contributed by atoms with E-state index in [0.29, 0.717) is 24.8 Å². The number of nitrogens with zero attached hydrogens (tertiary/aromatic N) is 3. The molecule has 0 saturated carbocycles. The van der Waals surface area contributed by atoms with Gasteiger partial charge >= 0.3 is 0 Å². The molecule has 138 valence electrons. The molecule has 6 heteroatoms. The molecule has 0 aliphatic rings. The number of aromatic nitrogens is 2. The molecule has 0 bridgehead atoms. The van der Waals surface area contributed by atoms with Gasteiger partial charge < -0.3 is 20.1 Å². The van der Waals surface area contributed by atoms with Crippen molar-refractivity contribution in [3.8, 4) is 5.75 Å². The summed E-state index contributed by atoms with van der Waals surface area (Å²) in [6.07, 6.45) is -0.627. The molecule has 0 amide bonds. The Balaban J connectivity index is 2.11. The molecule has 0 aliphatic carbocycles. The van der Waals surface area contributed by atoms with E-state index < -0.39 is 6.10 Å². The lowest BCUT2D eigenvalue weighted by molar-refractivity contribution is 0.170. The molecule has 1 atom stereocenters. The van der Waals surface area contributed by atoms with Crippen molar-refractivity contribution >= 4 is 5.82 Å². The number of ether oxygens (including phenoxy) is 1. The van der Waals surface area contributed by atoms with Crippen molar-refractivity contribution in [1.82, 2.24) is 15.1 Å². The Morgan fingerprint density at radius 1 is 1.28 bits per heavy atom. The van der Waals surface area contributed by atoms with Crippen LogP contribution in [0.1, 0.15) is 42.7 Å². The first-order valence-electron chi connectivity index (χ1n) is 8.61. The van der Waals surface area contributed by atoms with E-state index in [1.54, 1.807) is 7.11 Å². The van der Waals surface area contributed by atoms with Crippen LogP contribution in [0.4, 0.5) is 5.82 Å². The fourth-order valence-corrected chi connectivity index (χ4v) is 3.16. The Bertz CT molecular complexity index is 695. The quantitative estimate of drug-likeness (QED) is 0.769. The van der Waals surface area contributed by atoms with Crippen molar-refractivity contribution in [3.05, 3.63) is 41.1 Å². The molecule has 1 heterocycles. The first-order chi connectivity index (χ1) is 11.9. The van der Waals surface area contributed by atoms with Crippen LogP contribution in [0.5, 0.6) is 5.75 Å². The van der Waals surface area contributed by atoms with Gasteiger partial charge in [0, 0.05) is 45.4 Å². The number of para-hydroxylation sites is 1. The molecule has 0 radical (unpaired) electrons. The molecule has 0 saturated heterocycles. The van der Waals surface area contributed by atoms with Crippen LogP contribution >= 0.6 is 0 Å². The van der Waals surface area contributed by atoms with E-state index in [4.69, 9.17) is 4.74 Å². The zero-order valence-electron chi connectivity index (χ0n) is 16.1. The second-order valence-corrected chi connectivity index (χ2v) is 6.75. The van der Waals surface area contributed by atoms with Crippen LogP contribution in [0, 0.1) is 0 Å². The monoisotopic (exact) mass is 346 g/mol. The topological polar surface area (TPSA) is 62.6 Å². The highest BCUT2D eigenvalue weighted by Gasteiger charge is 2.20. The lowest BCUT2D eigenvalue weighted by atomic mass is 10.0. The molecule has 0 aliphatic heterocycles. The molecule has 0 spiro atoms. The van der Waals surface area contributed by atoms with Crippen LogP contribution in [-0.2, 0) is 13.6 Å². The highest BCUT2D eigenvalue weighted by atomic mass is 16.5. The Kier molecular flexibility index (Phi) is 6.45. The number of nitrogens with one attached hydrogen (secondary N) is 1. The molecule has 0 unspecified atom stereocenters. The van der Waals surface area contributed by atoms with Gasteiger partial charge in [-0.25, -0.2) is 0 Å². The third kappa shape index (κ3) is 4.32. The maximum Gasteiger partial charge on any atom is 0.130 e. The van der Waals surface area contributed by atoms with Crippen LogP contribution in [0.3, 0.4) is 0 Å². The standard InChI is InChI=1S/C19H30N4O2/c1-13(2)18-15(19(22(3)4)23(5)21-18)11-20-12-16(24)14-9-7-8-10-17(14)25-6/h7-10,13,16,20,24H,11-12H2,1-6H3/t16-/m1/s1. The SMILES string of the molecule is COc1ccccc1[C@H](O)CNCc1c(C(C)C)nn(C)c1N(C)C. The summed E-state index contributed by atoms with van der Waals surface area (Å²) in [6.45, 7) is 5.39. The van der Waals surface area contributed by atoms with Crippen LogP contribution in [0.2, 0.25) is 0 Å². The first-order valence-corrected chi connectivity index (χ1v) is 8.61. The van der Waals surface area contributed by atoms with Crippen LogP contribution in [0.25, 0.3) is 0 Å². The normalized spacial score (nSPS) is 12.5. The van der Waals surface area contributed by atoms with E-state index >= 15 is 0 Å². The fraction of sp³-hybridized carbons (Fsp3) is 0.526. The van der Waals surface area contributed by atoms with E-state index in [0.717, 1.165) is 17.1 Å². The average Bonchev–Trinajstić information content (AvgIpc) is 2.91. The van der Waals surface area contributed by atoms with Crippen molar-refractivity contribution in [2.45, 2.75) is 32.4 Å². The number of anilines is 1. The molecule has 2 N–H and O–H groups in total. The summed E-state index contributed by atoms with van der Waals surface area (Å²) in [6, 6.07) is 7.56. The summed E-state index contributed by atoms with van der Waals surface area (Å²) < 4.78 is 7.25. The number of aliphatic hydroxyl groups is 1. The summed E-state index contributed by atoms with van der Waals surface area (Å²) in [5.41, 5.74) is 3.06. The average molecular weight is 346 g/mol. The molecule has 1 aromatic heterocycles. The highest BCUT2D eigenvalue weighted by Crippen LogP contribution is 2.28. The van der Waals surface area contributed by atoms with Crippen molar-refractivity contribution in [1.29, 1.82) is 0 Å². The molecule has 6 nitrogen and oxygen atoms in total. The molecule has 2 aromatic rings. The number of rotatable bonds is 8. The maximum atomic E-state index is 10.5. The minimum absolute atomic E-state index is 0.343. The second-order valence-electron chi connectivity index (χ2n) is 6.75. The van der Waals surface area contributed by atoms with Gasteiger partial charge in [0.25, 0.3) is 0 Å². The first kappa shape index (κ1) is 19.3. The summed E-state index contributed by atoms with van der Waals surface area (Å²) in [4.78, 5) is 2.08. The summed E-state index contributed by atoms with van der Waals surface area (Å²) in [5, 5.41) is 18.5. The van der Waals surface area contributed by atoms with Gasteiger partial charge in [-0.1, -0.05) is 32.0 Å². The van der Waals surface area contributed by atoms with Gasteiger partial charge in [0.15, 0.2) is 0 Å². The van der Waals surface area contributed by atoms with Gasteiger partial charge in [-0.2, -0.15) is 5.10 Å². The van der Waals surface area contributed by atoms with Crippen LogP contribution in [-0.4, -0.2) is 42.6 Å². The molecule has 2 rings (SSSR count). The predicted molar refractivity (Wildman–Crippen MR) is 101 cm³/mol. The van der Waals surface area contributed by atoms with Gasteiger partial charge in [-0.05, 0) is 12.0 Å². The largest absolute Gasteiger partial charge is 0.496 e. The van der Waals surface area contributed by atoms with E-state index in [9.17, 15) is 5.11 Å². The molecule has 0 fully saturated rings. The van der Waals surface area contributed by atoms with E-state index in [2.05, 4.69) is 29.2 Å². The predicted octanol–water partition coefficient (Wildman–Crippen LogP) is 2.44. The fourth-order valence-electron chi connectivity index (χ4n) is 3.16. The minimum Gasteiger partial charge on any atom is -0.496 e. The molecule has 25 heavy (non-hydrogen) atoms. The van der Waals surface area contributed by atoms with Crippen LogP contribution < -0.4 is 15.0 Å². The van der Waals surface area contributed by atoms with Crippen molar-refractivity contribution in [3.63, 3.8) is 0 Å². The Hall–Kier alpha value is -2.05. The van der Waals surface area contributed by atoms with E-state index in [1.807, 2.05) is 50.1 Å². The van der Waals surface area contributed by atoms with Crippen molar-refractivity contribution < 1.29 is 9.84 Å². The number of hydrogen-bond acceptors (Lipinski definition) is 5. The van der Waals surface area contributed by atoms with Crippen molar-refractivity contribution in [2.24, 2.45) is 7.05 Å². The number of aliphatic hydroxyl groups excluding tert-OH is 1. The van der Waals surface area contributed by atoms with Gasteiger partial charge in [0.05, 0.1) is 18.9 Å². The molecule has 1 aromatic carbocycles. The van der Waals surface area contributed by atoms with E-state index in [-0.39, 0.29) is 0 Å². The van der Waals surface area contributed by atoms with E-state index in [1.165, 1.54) is 5.56 Å². The third-order valence-corrected chi connectivity index (χ3v) is 4.25. The smallest absolute Gasteiger partial charge is 0.130 e. The lowest BCUT2D eigenvalue weighted by Gasteiger charge is -2.18. The van der Waals surface area contributed by atoms with Gasteiger partial charge in [0.2, 0.25) is 0 Å². The number of methoxy groups -OCH3 is 1. The highest BCUT2D eigenvalue weighted by molar-refractivity contribution is 5.50. The summed E-state index contributed by atoms with van der Waals surface area (Å²) >= 11 is 0. The minimum atomic E-state index is -0.627. The van der Waals surface area contributed by atoms with Gasteiger partial charge in [0.1, 0.15) is 11.6 Å². The van der Waals surface area contributed by atoms with Crippen molar-refractivity contribution in [2.75, 3.05) is 32.6 Å². The van der Waals surface area contributed by atoms with Gasteiger partial charge in [-0.3, -0.25) is 4.68 Å². The Morgan fingerprint density at radius 3 is 2.56 bits per heavy atom. The Labute approximate surface area is 150 Å². The number of aryl methyl sites for hydroxylation is 1. The third-order valence-electron chi connectivity index (χ3n) is 4.25. The lowest BCUT2D eigenvalue weighted by Crippen LogP contribution is -2.23. The van der Waals surface area contributed by atoms with Gasteiger partial charge in [-0.15, -0.1) is 0 Å². The second kappa shape index (κ2) is 8.36. The zero-order chi connectivity index (χ0) is 18.6. The van der Waals surface area contributed by atoms with Crippen LogP contribution in [0.15, 0.2) is 24.3 Å².